The van der Waals surface area contributed by atoms with Crippen LogP contribution in [0.5, 0.6) is 5.75 Å². The lowest BCUT2D eigenvalue weighted by atomic mass is 10.2. The van der Waals surface area contributed by atoms with Gasteiger partial charge in [-0.25, -0.2) is 4.98 Å². The van der Waals surface area contributed by atoms with Gasteiger partial charge in [0.1, 0.15) is 10.8 Å². The lowest BCUT2D eigenvalue weighted by molar-refractivity contribution is 0.340. The molecule has 3 nitrogen and oxygen atoms in total. The molecule has 0 aliphatic heterocycles. The van der Waals surface area contributed by atoms with E-state index in [9.17, 15) is 0 Å². The number of aromatic nitrogens is 1. The van der Waals surface area contributed by atoms with Gasteiger partial charge in [0.15, 0.2) is 0 Å². The molecule has 18 heavy (non-hydrogen) atoms. The highest BCUT2D eigenvalue weighted by atomic mass is 32.1. The van der Waals surface area contributed by atoms with Crippen LogP contribution in [0.2, 0.25) is 0 Å². The lowest BCUT2D eigenvalue weighted by Crippen LogP contribution is -2.00. The van der Waals surface area contributed by atoms with E-state index in [1.54, 1.807) is 11.3 Å². The molecule has 2 rings (SSSR count). The molecule has 0 atom stereocenters. The zero-order chi connectivity index (χ0) is 12.8. The number of ether oxygens (including phenoxy) is 1. The third-order valence-electron chi connectivity index (χ3n) is 2.60. The zero-order valence-electron chi connectivity index (χ0n) is 10.6. The predicted molar refractivity (Wildman–Crippen MR) is 76.1 cm³/mol. The summed E-state index contributed by atoms with van der Waals surface area (Å²) >= 11 is 1.68. The molecule has 2 N–H and O–H groups in total. The average molecular weight is 262 g/mol. The Balaban J connectivity index is 2.08. The van der Waals surface area contributed by atoms with E-state index in [1.165, 1.54) is 0 Å². The van der Waals surface area contributed by atoms with Crippen LogP contribution in [0.3, 0.4) is 0 Å². The predicted octanol–water partition coefficient (Wildman–Crippen LogP) is 3.10. The van der Waals surface area contributed by atoms with E-state index in [2.05, 4.69) is 22.5 Å². The minimum absolute atomic E-state index is 0.694. The largest absolute Gasteiger partial charge is 0.494 e. The number of thiazole rings is 1. The van der Waals surface area contributed by atoms with E-state index in [-0.39, 0.29) is 0 Å². The SMILES string of the molecule is CCOc1ccc(-c2nc(CCCN)cs2)cc1. The molecule has 0 bridgehead atoms. The molecule has 0 saturated heterocycles. The van der Waals surface area contributed by atoms with Crippen LogP contribution in [-0.2, 0) is 6.42 Å². The molecule has 0 saturated carbocycles. The van der Waals surface area contributed by atoms with E-state index >= 15 is 0 Å². The van der Waals surface area contributed by atoms with Crippen LogP contribution in [0, 0.1) is 0 Å². The minimum Gasteiger partial charge on any atom is -0.494 e. The van der Waals surface area contributed by atoms with Crippen LogP contribution in [0.15, 0.2) is 29.6 Å². The Hall–Kier alpha value is -1.39. The summed E-state index contributed by atoms with van der Waals surface area (Å²) in [6.07, 6.45) is 1.95. The van der Waals surface area contributed by atoms with Crippen molar-refractivity contribution in [2.45, 2.75) is 19.8 Å². The monoisotopic (exact) mass is 262 g/mol. The second-order valence-electron chi connectivity index (χ2n) is 3.99. The van der Waals surface area contributed by atoms with Crippen molar-refractivity contribution < 1.29 is 4.74 Å². The van der Waals surface area contributed by atoms with Crippen LogP contribution in [0.1, 0.15) is 19.0 Å². The normalized spacial score (nSPS) is 10.6. The van der Waals surface area contributed by atoms with E-state index in [0.717, 1.165) is 41.4 Å². The Morgan fingerprint density at radius 3 is 2.72 bits per heavy atom. The van der Waals surface area contributed by atoms with Gasteiger partial charge in [-0.15, -0.1) is 11.3 Å². The Kier molecular flexibility index (Phi) is 4.73. The first kappa shape index (κ1) is 13.1. The zero-order valence-corrected chi connectivity index (χ0v) is 11.4. The molecule has 0 fully saturated rings. The summed E-state index contributed by atoms with van der Waals surface area (Å²) in [5, 5.41) is 3.17. The van der Waals surface area contributed by atoms with Crippen molar-refractivity contribution in [2.24, 2.45) is 5.73 Å². The molecule has 1 aromatic carbocycles. The number of hydrogen-bond donors (Lipinski definition) is 1. The van der Waals surface area contributed by atoms with Gasteiger partial charge in [0.05, 0.1) is 12.3 Å². The van der Waals surface area contributed by atoms with Gasteiger partial charge >= 0.3 is 0 Å². The van der Waals surface area contributed by atoms with Crippen molar-refractivity contribution in [3.8, 4) is 16.3 Å². The highest BCUT2D eigenvalue weighted by Gasteiger charge is 2.04. The van der Waals surface area contributed by atoms with Crippen LogP contribution in [-0.4, -0.2) is 18.1 Å². The molecule has 1 heterocycles. The maximum atomic E-state index is 5.50. The van der Waals surface area contributed by atoms with Crippen molar-refractivity contribution in [3.05, 3.63) is 35.3 Å². The summed E-state index contributed by atoms with van der Waals surface area (Å²) in [7, 11) is 0. The Morgan fingerprint density at radius 1 is 1.28 bits per heavy atom. The fraction of sp³-hybridized carbons (Fsp3) is 0.357. The first-order valence-electron chi connectivity index (χ1n) is 6.21. The van der Waals surface area contributed by atoms with E-state index in [0.29, 0.717) is 6.61 Å². The maximum Gasteiger partial charge on any atom is 0.123 e. The smallest absolute Gasteiger partial charge is 0.123 e. The molecular formula is C14H18N2OS. The Bertz CT molecular complexity index is 479. The number of aryl methyl sites for hydroxylation is 1. The molecule has 0 unspecified atom stereocenters. The summed E-state index contributed by atoms with van der Waals surface area (Å²) in [5.41, 5.74) is 7.78. The number of rotatable bonds is 6. The molecule has 1 aromatic heterocycles. The molecule has 96 valence electrons. The summed E-state index contributed by atoms with van der Waals surface area (Å²) in [6.45, 7) is 3.40. The third-order valence-corrected chi connectivity index (χ3v) is 3.54. The standard InChI is InChI=1S/C14H18N2OS/c1-2-17-13-7-5-11(6-8-13)14-16-12(10-18-14)4-3-9-15/h5-8,10H,2-4,9,15H2,1H3. The van der Waals surface area contributed by atoms with Crippen molar-refractivity contribution in [1.29, 1.82) is 0 Å². The van der Waals surface area contributed by atoms with Crippen molar-refractivity contribution in [3.63, 3.8) is 0 Å². The number of benzene rings is 1. The van der Waals surface area contributed by atoms with Crippen LogP contribution in [0.4, 0.5) is 0 Å². The second kappa shape index (κ2) is 6.52. The first-order chi connectivity index (χ1) is 8.83. The van der Waals surface area contributed by atoms with Crippen molar-refractivity contribution in [2.75, 3.05) is 13.2 Å². The van der Waals surface area contributed by atoms with E-state index in [1.807, 2.05) is 19.1 Å². The van der Waals surface area contributed by atoms with Gasteiger partial charge in [-0.05, 0) is 50.6 Å². The third kappa shape index (κ3) is 3.31. The molecule has 0 spiro atoms. The summed E-state index contributed by atoms with van der Waals surface area (Å²) < 4.78 is 5.42. The number of nitrogens with two attached hydrogens (primary N) is 1. The van der Waals surface area contributed by atoms with E-state index in [4.69, 9.17) is 10.5 Å². The number of hydrogen-bond acceptors (Lipinski definition) is 4. The van der Waals surface area contributed by atoms with Gasteiger partial charge in [0, 0.05) is 10.9 Å². The average Bonchev–Trinajstić information content (AvgIpc) is 2.86. The van der Waals surface area contributed by atoms with Gasteiger partial charge in [0.25, 0.3) is 0 Å². The number of nitrogens with zero attached hydrogens (tertiary/aromatic N) is 1. The minimum atomic E-state index is 0.694. The Labute approximate surface area is 112 Å². The molecule has 2 aromatic rings. The van der Waals surface area contributed by atoms with Crippen molar-refractivity contribution >= 4 is 11.3 Å². The van der Waals surface area contributed by atoms with Gasteiger partial charge in [-0.3, -0.25) is 0 Å². The quantitative estimate of drug-likeness (QED) is 0.870. The van der Waals surface area contributed by atoms with Gasteiger partial charge < -0.3 is 10.5 Å². The molecule has 0 aliphatic carbocycles. The topological polar surface area (TPSA) is 48.1 Å². The van der Waals surface area contributed by atoms with Crippen molar-refractivity contribution in [1.82, 2.24) is 4.98 Å². The highest BCUT2D eigenvalue weighted by Crippen LogP contribution is 2.26. The fourth-order valence-electron chi connectivity index (χ4n) is 1.70. The first-order valence-corrected chi connectivity index (χ1v) is 7.09. The van der Waals surface area contributed by atoms with Gasteiger partial charge in [-0.1, -0.05) is 0 Å². The molecular weight excluding hydrogens is 244 g/mol. The lowest BCUT2D eigenvalue weighted by Gasteiger charge is -2.02. The highest BCUT2D eigenvalue weighted by molar-refractivity contribution is 7.13. The molecule has 0 radical (unpaired) electrons. The fourth-order valence-corrected chi connectivity index (χ4v) is 2.56. The summed E-state index contributed by atoms with van der Waals surface area (Å²) in [5.74, 6) is 0.904. The Morgan fingerprint density at radius 2 is 2.06 bits per heavy atom. The van der Waals surface area contributed by atoms with E-state index < -0.39 is 0 Å². The van der Waals surface area contributed by atoms with Crippen LogP contribution >= 0.6 is 11.3 Å². The van der Waals surface area contributed by atoms with Gasteiger partial charge in [0.2, 0.25) is 0 Å². The molecule has 4 heteroatoms. The van der Waals surface area contributed by atoms with Crippen LogP contribution in [0.25, 0.3) is 10.6 Å². The molecule has 0 aliphatic rings. The van der Waals surface area contributed by atoms with Gasteiger partial charge in [-0.2, -0.15) is 0 Å². The van der Waals surface area contributed by atoms with Crippen LogP contribution < -0.4 is 10.5 Å². The second-order valence-corrected chi connectivity index (χ2v) is 4.85. The molecule has 0 amide bonds. The summed E-state index contributed by atoms with van der Waals surface area (Å²) in [4.78, 5) is 4.62. The summed E-state index contributed by atoms with van der Waals surface area (Å²) in [6, 6.07) is 8.08. The maximum absolute atomic E-state index is 5.50.